The van der Waals surface area contributed by atoms with E-state index in [4.69, 9.17) is 50.0 Å². The lowest BCUT2D eigenvalue weighted by Gasteiger charge is -2.26. The van der Waals surface area contributed by atoms with Gasteiger partial charge in [-0.05, 0) is 23.8 Å². The average molecular weight is 525 g/mol. The first kappa shape index (κ1) is 23.1. The summed E-state index contributed by atoms with van der Waals surface area (Å²) < 4.78 is 13.2. The minimum atomic E-state index is -0.324. The van der Waals surface area contributed by atoms with Gasteiger partial charge in [-0.3, -0.25) is 0 Å². The largest absolute Gasteiger partial charge is 0.487 e. The van der Waals surface area contributed by atoms with E-state index in [0.29, 0.717) is 43.5 Å². The van der Waals surface area contributed by atoms with Gasteiger partial charge in [0.05, 0.1) is 32.9 Å². The maximum absolute atomic E-state index is 9.68. The van der Waals surface area contributed by atoms with Gasteiger partial charge in [-0.2, -0.15) is 5.26 Å². The van der Waals surface area contributed by atoms with Crippen LogP contribution in [-0.2, 0) is 6.61 Å². The van der Waals surface area contributed by atoms with Gasteiger partial charge in [0.15, 0.2) is 0 Å². The van der Waals surface area contributed by atoms with Crippen LogP contribution in [0.3, 0.4) is 0 Å². The number of rotatable bonds is 5. The summed E-state index contributed by atoms with van der Waals surface area (Å²) in [6, 6.07) is 20.5. The van der Waals surface area contributed by atoms with E-state index >= 15 is 0 Å². The molecular formula is C25H16Cl3N5O2. The number of nitrogens with two attached hydrogens (primary N) is 1. The van der Waals surface area contributed by atoms with E-state index in [1.807, 2.05) is 42.5 Å². The van der Waals surface area contributed by atoms with Crippen molar-refractivity contribution in [1.29, 1.82) is 5.26 Å². The number of benzene rings is 3. The van der Waals surface area contributed by atoms with Gasteiger partial charge >= 0.3 is 0 Å². The molecule has 0 amide bonds. The highest BCUT2D eigenvalue weighted by Crippen LogP contribution is 2.43. The van der Waals surface area contributed by atoms with Crippen LogP contribution in [0.4, 0.5) is 0 Å². The smallest absolute Gasteiger partial charge is 0.205 e. The molecule has 35 heavy (non-hydrogen) atoms. The molecule has 1 aliphatic heterocycles. The van der Waals surface area contributed by atoms with Crippen LogP contribution in [0.2, 0.25) is 15.1 Å². The molecule has 4 aromatic rings. The Morgan fingerprint density at radius 2 is 1.80 bits per heavy atom. The van der Waals surface area contributed by atoms with Crippen molar-refractivity contribution in [3.63, 3.8) is 0 Å². The molecule has 2 heterocycles. The third kappa shape index (κ3) is 4.52. The first-order valence-electron chi connectivity index (χ1n) is 10.4. The summed E-state index contributed by atoms with van der Waals surface area (Å²) in [5.74, 6) is 0.826. The summed E-state index contributed by atoms with van der Waals surface area (Å²) in [5, 5.41) is 19.0. The monoisotopic (exact) mass is 523 g/mol. The summed E-state index contributed by atoms with van der Waals surface area (Å²) in [5.41, 5.74) is 9.34. The van der Waals surface area contributed by atoms with E-state index in [0.717, 1.165) is 11.1 Å². The van der Waals surface area contributed by atoms with Crippen molar-refractivity contribution in [3.8, 4) is 23.3 Å². The molecule has 0 saturated carbocycles. The lowest BCUT2D eigenvalue weighted by molar-refractivity contribution is 0.298. The SMILES string of the molecule is N#CC1=C(N)Oc2cc(OCc3cn(-c4cc(Cl)c(Cl)cc4Cl)nn3)ccc2C1c1ccccc1. The molecule has 0 bridgehead atoms. The number of nitriles is 1. The highest BCUT2D eigenvalue weighted by atomic mass is 35.5. The van der Waals surface area contributed by atoms with Gasteiger partial charge in [0.1, 0.15) is 35.4 Å². The second-order valence-corrected chi connectivity index (χ2v) is 8.92. The second kappa shape index (κ2) is 9.51. The van der Waals surface area contributed by atoms with Crippen LogP contribution < -0.4 is 15.2 Å². The van der Waals surface area contributed by atoms with Gasteiger partial charge < -0.3 is 15.2 Å². The van der Waals surface area contributed by atoms with Crippen LogP contribution >= 0.6 is 34.8 Å². The highest BCUT2D eigenvalue weighted by molar-refractivity contribution is 6.43. The third-order valence-electron chi connectivity index (χ3n) is 5.49. The normalized spacial score (nSPS) is 14.7. The molecule has 1 aliphatic rings. The topological polar surface area (TPSA) is 99.0 Å². The number of allylic oxidation sites excluding steroid dienone is 1. The fourth-order valence-electron chi connectivity index (χ4n) is 3.84. The Morgan fingerprint density at radius 3 is 2.57 bits per heavy atom. The standard InChI is InChI=1S/C25H16Cl3N5O2/c26-19-9-21(28)22(10-20(19)27)33-12-15(31-32-33)13-34-16-6-7-17-23(8-16)35-25(30)18(11-29)24(17)14-4-2-1-3-5-14/h1-10,12,24H,13,30H2. The van der Waals surface area contributed by atoms with Crippen molar-refractivity contribution in [2.75, 3.05) is 0 Å². The Kier molecular flexibility index (Phi) is 6.27. The fourth-order valence-corrected chi connectivity index (χ4v) is 4.47. The van der Waals surface area contributed by atoms with Crippen LogP contribution in [0.25, 0.3) is 5.69 Å². The molecule has 1 atom stereocenters. The maximum Gasteiger partial charge on any atom is 0.205 e. The number of aromatic nitrogens is 3. The lowest BCUT2D eigenvalue weighted by Crippen LogP contribution is -2.21. The van der Waals surface area contributed by atoms with Gasteiger partial charge in [-0.25, -0.2) is 4.68 Å². The molecule has 3 aromatic carbocycles. The number of halogens is 3. The molecule has 1 unspecified atom stereocenters. The van der Waals surface area contributed by atoms with Crippen molar-refractivity contribution in [1.82, 2.24) is 15.0 Å². The zero-order valence-electron chi connectivity index (χ0n) is 18.0. The van der Waals surface area contributed by atoms with E-state index in [-0.39, 0.29) is 18.4 Å². The fraction of sp³-hybridized carbons (Fsp3) is 0.0800. The number of fused-ring (bicyclic) bond motifs is 1. The molecule has 0 radical (unpaired) electrons. The van der Waals surface area contributed by atoms with Crippen molar-refractivity contribution < 1.29 is 9.47 Å². The molecule has 5 rings (SSSR count). The van der Waals surface area contributed by atoms with E-state index in [1.165, 1.54) is 4.68 Å². The first-order chi connectivity index (χ1) is 16.9. The summed E-state index contributed by atoms with van der Waals surface area (Å²) >= 11 is 18.4. The minimum Gasteiger partial charge on any atom is -0.487 e. The van der Waals surface area contributed by atoms with Crippen LogP contribution in [0.5, 0.6) is 11.5 Å². The zero-order chi connectivity index (χ0) is 24.5. The molecule has 0 spiro atoms. The number of ether oxygens (including phenoxy) is 2. The Balaban J connectivity index is 1.37. The van der Waals surface area contributed by atoms with Crippen molar-refractivity contribution in [2.24, 2.45) is 5.73 Å². The Labute approximate surface area is 215 Å². The predicted molar refractivity (Wildman–Crippen MR) is 133 cm³/mol. The molecule has 10 heteroatoms. The maximum atomic E-state index is 9.68. The highest BCUT2D eigenvalue weighted by Gasteiger charge is 2.30. The van der Waals surface area contributed by atoms with E-state index in [9.17, 15) is 5.26 Å². The number of hydrogen-bond acceptors (Lipinski definition) is 6. The first-order valence-corrected chi connectivity index (χ1v) is 11.5. The average Bonchev–Trinajstić information content (AvgIpc) is 3.33. The summed E-state index contributed by atoms with van der Waals surface area (Å²) in [4.78, 5) is 0. The minimum absolute atomic E-state index is 0.0763. The number of hydrogen-bond donors (Lipinski definition) is 1. The zero-order valence-corrected chi connectivity index (χ0v) is 20.2. The second-order valence-electron chi connectivity index (χ2n) is 7.70. The van der Waals surface area contributed by atoms with Gasteiger partial charge in [0, 0.05) is 11.6 Å². The summed E-state index contributed by atoms with van der Waals surface area (Å²) in [6.45, 7) is 0.147. The Morgan fingerprint density at radius 1 is 1.03 bits per heavy atom. The van der Waals surface area contributed by atoms with Crippen LogP contribution in [-0.4, -0.2) is 15.0 Å². The van der Waals surface area contributed by atoms with Gasteiger partial charge in [0.2, 0.25) is 5.88 Å². The predicted octanol–water partition coefficient (Wildman–Crippen LogP) is 6.02. The van der Waals surface area contributed by atoms with Gasteiger partial charge in [-0.1, -0.05) is 76.4 Å². The van der Waals surface area contributed by atoms with E-state index in [1.54, 1.807) is 24.4 Å². The molecule has 2 N–H and O–H groups in total. The Hall–Kier alpha value is -3.70. The van der Waals surface area contributed by atoms with Crippen molar-refractivity contribution >= 4 is 34.8 Å². The van der Waals surface area contributed by atoms with Crippen molar-refractivity contribution in [2.45, 2.75) is 12.5 Å². The Bertz CT molecular complexity index is 1490. The third-order valence-corrected chi connectivity index (χ3v) is 6.51. The van der Waals surface area contributed by atoms with E-state index in [2.05, 4.69) is 16.4 Å². The lowest BCUT2D eigenvalue weighted by atomic mass is 9.83. The molecule has 1 aromatic heterocycles. The molecule has 0 aliphatic carbocycles. The summed E-state index contributed by atoms with van der Waals surface area (Å²) in [6.07, 6.45) is 1.69. The van der Waals surface area contributed by atoms with Crippen LogP contribution in [0.1, 0.15) is 22.7 Å². The van der Waals surface area contributed by atoms with Gasteiger partial charge in [0.25, 0.3) is 0 Å². The van der Waals surface area contributed by atoms with Crippen LogP contribution in [0.15, 0.2) is 78.3 Å². The summed E-state index contributed by atoms with van der Waals surface area (Å²) in [7, 11) is 0. The van der Waals surface area contributed by atoms with Crippen LogP contribution in [0, 0.1) is 11.3 Å². The van der Waals surface area contributed by atoms with Crippen molar-refractivity contribution in [3.05, 3.63) is 110 Å². The molecule has 174 valence electrons. The van der Waals surface area contributed by atoms with E-state index < -0.39 is 0 Å². The number of nitrogens with zero attached hydrogens (tertiary/aromatic N) is 4. The molecule has 0 fully saturated rings. The van der Waals surface area contributed by atoms with Gasteiger partial charge in [-0.15, -0.1) is 5.10 Å². The molecule has 0 saturated heterocycles. The quantitative estimate of drug-likeness (QED) is 0.320. The molecule has 7 nitrogen and oxygen atoms in total. The molecular weight excluding hydrogens is 509 g/mol.